The van der Waals surface area contributed by atoms with E-state index in [0.717, 1.165) is 17.2 Å². The van der Waals surface area contributed by atoms with E-state index in [1.54, 1.807) is 6.07 Å². The van der Waals surface area contributed by atoms with Crippen molar-refractivity contribution in [3.05, 3.63) is 47.8 Å². The van der Waals surface area contributed by atoms with Crippen molar-refractivity contribution in [2.24, 2.45) is 5.92 Å². The second kappa shape index (κ2) is 6.85. The minimum atomic E-state index is -0.137. The molecule has 0 saturated heterocycles. The second-order valence-electron chi connectivity index (χ2n) is 5.44. The van der Waals surface area contributed by atoms with Crippen LogP contribution in [0, 0.1) is 11.7 Å². The molecule has 0 radical (unpaired) electrons. The molecular formula is C18H24FN. The van der Waals surface area contributed by atoms with Crippen LogP contribution in [-0.2, 0) is 0 Å². The normalized spacial score (nSPS) is 13.1. The highest BCUT2D eigenvalue weighted by Gasteiger charge is 2.17. The number of fused-ring (bicyclic) bond motifs is 1. The molecule has 20 heavy (non-hydrogen) atoms. The summed E-state index contributed by atoms with van der Waals surface area (Å²) in [7, 11) is 1.99. The third-order valence-electron chi connectivity index (χ3n) is 4.35. The van der Waals surface area contributed by atoms with Crippen LogP contribution in [0.2, 0.25) is 0 Å². The van der Waals surface area contributed by atoms with E-state index in [0.29, 0.717) is 5.92 Å². The third-order valence-corrected chi connectivity index (χ3v) is 4.35. The lowest BCUT2D eigenvalue weighted by Crippen LogP contribution is -2.20. The molecule has 0 amide bonds. The molecular weight excluding hydrogens is 249 g/mol. The number of rotatable bonds is 6. The molecule has 2 aromatic carbocycles. The lowest BCUT2D eigenvalue weighted by Gasteiger charge is -2.23. The molecule has 0 aromatic heterocycles. The Balaban J connectivity index is 2.42. The second-order valence-corrected chi connectivity index (χ2v) is 5.44. The van der Waals surface area contributed by atoms with E-state index in [9.17, 15) is 4.39 Å². The summed E-state index contributed by atoms with van der Waals surface area (Å²) in [4.78, 5) is 0. The Morgan fingerprint density at radius 3 is 2.25 bits per heavy atom. The summed E-state index contributed by atoms with van der Waals surface area (Å²) in [5, 5.41) is 5.15. The highest BCUT2D eigenvalue weighted by atomic mass is 19.1. The Bertz CT molecular complexity index is 560. The quantitative estimate of drug-likeness (QED) is 0.775. The van der Waals surface area contributed by atoms with Gasteiger partial charge in [-0.3, -0.25) is 0 Å². The van der Waals surface area contributed by atoms with E-state index >= 15 is 0 Å². The molecule has 0 spiro atoms. The average Bonchev–Trinajstić information content (AvgIpc) is 2.50. The first kappa shape index (κ1) is 15.0. The third kappa shape index (κ3) is 3.01. The predicted octanol–water partition coefficient (Wildman–Crippen LogP) is 5.07. The first-order valence-electron chi connectivity index (χ1n) is 7.55. The molecule has 2 rings (SSSR count). The molecule has 2 heteroatoms. The molecule has 1 N–H and O–H groups in total. The fraction of sp³-hybridized carbons (Fsp3) is 0.444. The standard InChI is InChI=1S/C18H24FN/c1-4-13(5-2)12-18(20-3)16-10-11-17(19)15-9-7-6-8-14(15)16/h6-11,13,18,20H,4-5,12H2,1-3H3. The maximum absolute atomic E-state index is 13.9. The van der Waals surface area contributed by atoms with Gasteiger partial charge < -0.3 is 5.32 Å². The Morgan fingerprint density at radius 1 is 1.00 bits per heavy atom. The number of hydrogen-bond acceptors (Lipinski definition) is 1. The highest BCUT2D eigenvalue weighted by molar-refractivity contribution is 5.86. The highest BCUT2D eigenvalue weighted by Crippen LogP contribution is 2.31. The van der Waals surface area contributed by atoms with Crippen LogP contribution < -0.4 is 5.32 Å². The van der Waals surface area contributed by atoms with Crippen LogP contribution in [0.3, 0.4) is 0 Å². The lowest BCUT2D eigenvalue weighted by molar-refractivity contribution is 0.386. The van der Waals surface area contributed by atoms with E-state index in [2.05, 4.69) is 19.2 Å². The fourth-order valence-corrected chi connectivity index (χ4v) is 2.95. The Hall–Kier alpha value is -1.41. The molecule has 108 valence electrons. The number of halogens is 1. The summed E-state index contributed by atoms with van der Waals surface area (Å²) in [5.74, 6) is 0.568. The van der Waals surface area contributed by atoms with Gasteiger partial charge in [-0.1, -0.05) is 57.0 Å². The SMILES string of the molecule is CCC(CC)CC(NC)c1ccc(F)c2ccccc12. The first-order valence-corrected chi connectivity index (χ1v) is 7.55. The van der Waals surface area contributed by atoms with Gasteiger partial charge in [0.25, 0.3) is 0 Å². The smallest absolute Gasteiger partial charge is 0.131 e. The topological polar surface area (TPSA) is 12.0 Å². The zero-order valence-corrected chi connectivity index (χ0v) is 12.6. The van der Waals surface area contributed by atoms with Gasteiger partial charge in [0, 0.05) is 11.4 Å². The Morgan fingerprint density at radius 2 is 1.65 bits per heavy atom. The molecule has 0 fully saturated rings. The van der Waals surface area contributed by atoms with Crippen LogP contribution in [0.25, 0.3) is 10.8 Å². The van der Waals surface area contributed by atoms with Crippen molar-refractivity contribution >= 4 is 10.8 Å². The molecule has 1 atom stereocenters. The minimum Gasteiger partial charge on any atom is -0.313 e. The van der Waals surface area contributed by atoms with Crippen LogP contribution in [0.5, 0.6) is 0 Å². The van der Waals surface area contributed by atoms with Gasteiger partial charge in [0.2, 0.25) is 0 Å². The molecule has 2 aromatic rings. The summed E-state index contributed by atoms with van der Waals surface area (Å²) < 4.78 is 13.9. The number of nitrogens with one attached hydrogen (secondary N) is 1. The fourth-order valence-electron chi connectivity index (χ4n) is 2.95. The van der Waals surface area contributed by atoms with E-state index in [1.807, 2.05) is 37.4 Å². The van der Waals surface area contributed by atoms with Crippen LogP contribution in [0.15, 0.2) is 36.4 Å². The van der Waals surface area contributed by atoms with Gasteiger partial charge in [0.05, 0.1) is 0 Å². The number of hydrogen-bond donors (Lipinski definition) is 1. The van der Waals surface area contributed by atoms with Crippen LogP contribution in [0.1, 0.15) is 44.7 Å². The molecule has 0 aliphatic heterocycles. The van der Waals surface area contributed by atoms with Crippen molar-refractivity contribution in [2.45, 2.75) is 39.2 Å². The molecule has 1 unspecified atom stereocenters. The minimum absolute atomic E-state index is 0.137. The van der Waals surface area contributed by atoms with Crippen molar-refractivity contribution in [3.63, 3.8) is 0 Å². The van der Waals surface area contributed by atoms with Gasteiger partial charge in [-0.25, -0.2) is 4.39 Å². The van der Waals surface area contributed by atoms with Gasteiger partial charge >= 0.3 is 0 Å². The zero-order chi connectivity index (χ0) is 14.5. The van der Waals surface area contributed by atoms with E-state index in [1.165, 1.54) is 18.4 Å². The van der Waals surface area contributed by atoms with Crippen molar-refractivity contribution in [2.75, 3.05) is 7.05 Å². The van der Waals surface area contributed by atoms with Crippen molar-refractivity contribution in [3.8, 4) is 0 Å². The molecule has 0 saturated carbocycles. The van der Waals surface area contributed by atoms with Crippen LogP contribution >= 0.6 is 0 Å². The zero-order valence-electron chi connectivity index (χ0n) is 12.6. The largest absolute Gasteiger partial charge is 0.313 e. The van der Waals surface area contributed by atoms with Crippen molar-refractivity contribution in [1.82, 2.24) is 5.32 Å². The number of benzene rings is 2. The maximum Gasteiger partial charge on any atom is 0.131 e. The van der Waals surface area contributed by atoms with Crippen LogP contribution in [0.4, 0.5) is 4.39 Å². The Labute approximate surface area is 121 Å². The summed E-state index contributed by atoms with van der Waals surface area (Å²) in [6.07, 6.45) is 3.47. The maximum atomic E-state index is 13.9. The summed E-state index contributed by atoms with van der Waals surface area (Å²) in [6.45, 7) is 4.48. The van der Waals surface area contributed by atoms with Gasteiger partial charge in [0.15, 0.2) is 0 Å². The van der Waals surface area contributed by atoms with E-state index < -0.39 is 0 Å². The van der Waals surface area contributed by atoms with Gasteiger partial charge in [0.1, 0.15) is 5.82 Å². The molecule has 0 bridgehead atoms. The van der Waals surface area contributed by atoms with Crippen molar-refractivity contribution < 1.29 is 4.39 Å². The van der Waals surface area contributed by atoms with Gasteiger partial charge in [-0.05, 0) is 36.4 Å². The first-order chi connectivity index (χ1) is 9.71. The molecule has 0 heterocycles. The molecule has 0 aliphatic carbocycles. The average molecular weight is 273 g/mol. The van der Waals surface area contributed by atoms with Crippen molar-refractivity contribution in [1.29, 1.82) is 0 Å². The monoisotopic (exact) mass is 273 g/mol. The summed E-state index contributed by atoms with van der Waals surface area (Å²) in [6, 6.07) is 11.6. The predicted molar refractivity (Wildman–Crippen MR) is 84.4 cm³/mol. The Kier molecular flexibility index (Phi) is 5.13. The molecule has 1 nitrogen and oxygen atoms in total. The summed E-state index contributed by atoms with van der Waals surface area (Å²) in [5.41, 5.74) is 1.21. The molecule has 0 aliphatic rings. The van der Waals surface area contributed by atoms with Gasteiger partial charge in [-0.15, -0.1) is 0 Å². The summed E-state index contributed by atoms with van der Waals surface area (Å²) >= 11 is 0. The van der Waals surface area contributed by atoms with E-state index in [-0.39, 0.29) is 11.9 Å². The lowest BCUT2D eigenvalue weighted by atomic mass is 9.89. The van der Waals surface area contributed by atoms with Gasteiger partial charge in [-0.2, -0.15) is 0 Å². The van der Waals surface area contributed by atoms with E-state index in [4.69, 9.17) is 0 Å². The van der Waals surface area contributed by atoms with Crippen LogP contribution in [-0.4, -0.2) is 7.05 Å².